The number of hydrogen-bond acceptors (Lipinski definition) is 2. The summed E-state index contributed by atoms with van der Waals surface area (Å²) in [5.74, 6) is 0. The van der Waals surface area contributed by atoms with Crippen LogP contribution >= 0.6 is 11.3 Å². The summed E-state index contributed by atoms with van der Waals surface area (Å²) in [6.45, 7) is 0. The van der Waals surface area contributed by atoms with E-state index in [0.29, 0.717) is 0 Å². The molecule has 0 atom stereocenters. The first kappa shape index (κ1) is 29.0. The zero-order valence-electron chi connectivity index (χ0n) is 27.5. The average molecular weight is 656 g/mol. The number of allylic oxidation sites excluding steroid dienone is 1. The zero-order chi connectivity index (χ0) is 33.0. The third-order valence-corrected chi connectivity index (χ3v) is 11.4. The topological polar surface area (TPSA) is 3.24 Å². The summed E-state index contributed by atoms with van der Waals surface area (Å²) in [6.07, 6.45) is 6.72. The number of fused-ring (bicyclic) bond motifs is 7. The minimum absolute atomic E-state index is 1.01. The maximum atomic E-state index is 2.49. The molecule has 0 bridgehead atoms. The maximum Gasteiger partial charge on any atom is 0.0506 e. The molecule has 10 rings (SSSR count). The van der Waals surface area contributed by atoms with Crippen LogP contribution in [0.3, 0.4) is 0 Å². The molecule has 9 aromatic rings. The van der Waals surface area contributed by atoms with Gasteiger partial charge in [-0.1, -0.05) is 127 Å². The lowest BCUT2D eigenvalue weighted by Crippen LogP contribution is -2.14. The van der Waals surface area contributed by atoms with Crippen molar-refractivity contribution in [2.45, 2.75) is 12.8 Å². The lowest BCUT2D eigenvalue weighted by Gasteiger charge is -2.30. The van der Waals surface area contributed by atoms with Crippen LogP contribution < -0.4 is 4.90 Å². The van der Waals surface area contributed by atoms with Gasteiger partial charge in [-0.05, 0) is 116 Å². The second-order valence-corrected chi connectivity index (χ2v) is 14.3. The van der Waals surface area contributed by atoms with E-state index >= 15 is 0 Å². The summed E-state index contributed by atoms with van der Waals surface area (Å²) in [5.41, 5.74) is 11.2. The van der Waals surface area contributed by atoms with Crippen LogP contribution in [0.15, 0.2) is 170 Å². The quantitative estimate of drug-likeness (QED) is 0.178. The lowest BCUT2D eigenvalue weighted by molar-refractivity contribution is 0.983. The van der Waals surface area contributed by atoms with Crippen molar-refractivity contribution in [2.75, 3.05) is 4.90 Å². The van der Waals surface area contributed by atoms with Crippen LogP contribution in [0, 0.1) is 0 Å². The Balaban J connectivity index is 1.16. The van der Waals surface area contributed by atoms with Crippen LogP contribution in [0.25, 0.3) is 70.0 Å². The number of anilines is 3. The fourth-order valence-corrected chi connectivity index (χ4v) is 9.04. The largest absolute Gasteiger partial charge is 0.310 e. The highest BCUT2D eigenvalue weighted by atomic mass is 32.1. The van der Waals surface area contributed by atoms with Crippen LogP contribution in [0.5, 0.6) is 0 Å². The van der Waals surface area contributed by atoms with Gasteiger partial charge in [-0.25, -0.2) is 0 Å². The Kier molecular flexibility index (Phi) is 6.89. The van der Waals surface area contributed by atoms with Crippen molar-refractivity contribution in [1.82, 2.24) is 0 Å². The molecule has 0 radical (unpaired) electrons. The fourth-order valence-electron chi connectivity index (χ4n) is 7.91. The van der Waals surface area contributed by atoms with Crippen LogP contribution in [0.2, 0.25) is 0 Å². The summed E-state index contributed by atoms with van der Waals surface area (Å²) in [7, 11) is 0. The monoisotopic (exact) mass is 655 g/mol. The maximum absolute atomic E-state index is 2.49. The Bertz CT molecular complexity index is 2770. The summed E-state index contributed by atoms with van der Waals surface area (Å²) in [6, 6.07) is 60.4. The van der Waals surface area contributed by atoms with Crippen molar-refractivity contribution >= 4 is 76.2 Å². The molecular formula is C48H33NS. The standard InChI is InChI=1S/C48H33NS/c1-2-12-34-29-36(24-23-32(34)11-1)35-14-9-15-39(30-35)49(45-31-37-13-3-4-16-40(37)42-17-5-6-18-43(42)45)38-27-25-33(26-28-38)41-20-10-22-47-48(41)44-19-7-8-21-46(44)50-47/h1-5,7-17,19-31H,6,18H2. The molecule has 0 saturated heterocycles. The lowest BCUT2D eigenvalue weighted by atomic mass is 9.89. The third-order valence-electron chi connectivity index (χ3n) is 10.3. The van der Waals surface area contributed by atoms with Gasteiger partial charge >= 0.3 is 0 Å². The van der Waals surface area contributed by atoms with Crippen LogP contribution in [-0.2, 0) is 6.42 Å². The third kappa shape index (κ3) is 4.83. The zero-order valence-corrected chi connectivity index (χ0v) is 28.3. The van der Waals surface area contributed by atoms with E-state index in [9.17, 15) is 0 Å². The van der Waals surface area contributed by atoms with E-state index < -0.39 is 0 Å². The van der Waals surface area contributed by atoms with Crippen molar-refractivity contribution in [3.8, 4) is 22.3 Å². The molecule has 1 heterocycles. The van der Waals surface area contributed by atoms with E-state index in [2.05, 4.69) is 181 Å². The molecule has 0 saturated carbocycles. The number of rotatable bonds is 5. The van der Waals surface area contributed by atoms with Crippen molar-refractivity contribution in [2.24, 2.45) is 0 Å². The SMILES string of the molecule is C1=Cc2c(c(N(c3ccc(-c4cccc5sc6ccccc6c45)cc3)c3cccc(-c4ccc5ccccc5c4)c3)cc3ccccc23)CC1. The van der Waals surface area contributed by atoms with Crippen LogP contribution in [-0.4, -0.2) is 0 Å². The first-order valence-corrected chi connectivity index (χ1v) is 18.2. The van der Waals surface area contributed by atoms with Gasteiger partial charge in [0.05, 0.1) is 5.69 Å². The van der Waals surface area contributed by atoms with Crippen LogP contribution in [0.4, 0.5) is 17.1 Å². The highest BCUT2D eigenvalue weighted by Gasteiger charge is 2.22. The van der Waals surface area contributed by atoms with Gasteiger partial charge in [0, 0.05) is 31.5 Å². The van der Waals surface area contributed by atoms with Gasteiger partial charge < -0.3 is 4.90 Å². The summed E-state index contributed by atoms with van der Waals surface area (Å²) >= 11 is 1.87. The van der Waals surface area contributed by atoms with E-state index in [1.54, 1.807) is 0 Å². The van der Waals surface area contributed by atoms with E-state index in [0.717, 1.165) is 24.2 Å². The first-order valence-electron chi connectivity index (χ1n) is 17.4. The first-order chi connectivity index (χ1) is 24.8. The van der Waals surface area contributed by atoms with Crippen LogP contribution in [0.1, 0.15) is 17.5 Å². The van der Waals surface area contributed by atoms with E-state index in [1.165, 1.54) is 80.8 Å². The highest BCUT2D eigenvalue weighted by Crippen LogP contribution is 2.45. The molecule has 1 aromatic heterocycles. The molecule has 0 aliphatic heterocycles. The summed E-state index contributed by atoms with van der Waals surface area (Å²) in [5, 5.41) is 7.77. The predicted molar refractivity (Wildman–Crippen MR) is 217 cm³/mol. The van der Waals surface area contributed by atoms with Gasteiger partial charge in [0.1, 0.15) is 0 Å². The fraction of sp³-hybridized carbons (Fsp3) is 0.0417. The summed E-state index contributed by atoms with van der Waals surface area (Å²) in [4.78, 5) is 2.49. The van der Waals surface area contributed by atoms with Gasteiger partial charge in [0.2, 0.25) is 0 Å². The molecule has 2 heteroatoms. The second-order valence-electron chi connectivity index (χ2n) is 13.2. The predicted octanol–water partition coefficient (Wildman–Crippen LogP) is 14.1. The van der Waals surface area contributed by atoms with E-state index in [4.69, 9.17) is 0 Å². The highest BCUT2D eigenvalue weighted by molar-refractivity contribution is 7.25. The molecule has 0 amide bonds. The molecule has 0 N–H and O–H groups in total. The normalized spacial score (nSPS) is 12.6. The Morgan fingerprint density at radius 2 is 1.20 bits per heavy atom. The average Bonchev–Trinajstić information content (AvgIpc) is 3.57. The molecule has 50 heavy (non-hydrogen) atoms. The second kappa shape index (κ2) is 11.9. The minimum Gasteiger partial charge on any atom is -0.310 e. The molecule has 0 fully saturated rings. The van der Waals surface area contributed by atoms with Gasteiger partial charge in [0.15, 0.2) is 0 Å². The number of benzene rings is 8. The number of hydrogen-bond donors (Lipinski definition) is 0. The molecular weight excluding hydrogens is 623 g/mol. The van der Waals surface area contributed by atoms with E-state index in [1.807, 2.05) is 11.3 Å². The Labute approximate surface area is 296 Å². The molecule has 1 aliphatic rings. The van der Waals surface area contributed by atoms with Crippen molar-refractivity contribution in [1.29, 1.82) is 0 Å². The van der Waals surface area contributed by atoms with Crippen molar-refractivity contribution < 1.29 is 0 Å². The Hall–Kier alpha value is -5.96. The molecule has 0 spiro atoms. The van der Waals surface area contributed by atoms with Crippen molar-refractivity contribution in [3.05, 3.63) is 181 Å². The molecule has 1 nitrogen and oxygen atoms in total. The van der Waals surface area contributed by atoms with Gasteiger partial charge in [-0.3, -0.25) is 0 Å². The van der Waals surface area contributed by atoms with Crippen molar-refractivity contribution in [3.63, 3.8) is 0 Å². The number of nitrogens with zero attached hydrogens (tertiary/aromatic N) is 1. The minimum atomic E-state index is 1.01. The number of thiophene rings is 1. The van der Waals surface area contributed by atoms with E-state index in [-0.39, 0.29) is 0 Å². The molecule has 236 valence electrons. The molecule has 8 aromatic carbocycles. The molecule has 0 unspecified atom stereocenters. The Morgan fingerprint density at radius 3 is 2.10 bits per heavy atom. The Morgan fingerprint density at radius 1 is 0.480 bits per heavy atom. The molecule has 1 aliphatic carbocycles. The summed E-state index contributed by atoms with van der Waals surface area (Å²) < 4.78 is 2.66. The van der Waals surface area contributed by atoms with Gasteiger partial charge in [0.25, 0.3) is 0 Å². The smallest absolute Gasteiger partial charge is 0.0506 e. The van der Waals surface area contributed by atoms with Gasteiger partial charge in [-0.2, -0.15) is 0 Å². The van der Waals surface area contributed by atoms with Gasteiger partial charge in [-0.15, -0.1) is 11.3 Å².